The van der Waals surface area contributed by atoms with Gasteiger partial charge in [0, 0.05) is 13.0 Å². The Morgan fingerprint density at radius 3 is 2.63 bits per heavy atom. The highest BCUT2D eigenvalue weighted by Gasteiger charge is 2.16. The summed E-state index contributed by atoms with van der Waals surface area (Å²) in [6.45, 7) is 4.82. The molecule has 164 valence electrons. The number of hydrogen-bond donors (Lipinski definition) is 3. The number of thiol groups is 1. The zero-order valence-electron chi connectivity index (χ0n) is 17.5. The largest absolute Gasteiger partial charge is 0.478 e. The van der Waals surface area contributed by atoms with E-state index in [2.05, 4.69) is 36.8 Å². The molecule has 0 fully saturated rings. The normalized spacial score (nSPS) is 12.0. The number of imidazole rings is 1. The Hall–Kier alpha value is -2.35. The SMILES string of the molecule is CCCCc1ncc(CNC(=O)C(S)CCCC)n1Cc1ccc(C(=O)O)c(F)c1. The first-order valence-electron chi connectivity index (χ1n) is 10.4. The molecule has 0 spiro atoms. The Morgan fingerprint density at radius 2 is 2.00 bits per heavy atom. The highest BCUT2D eigenvalue weighted by Crippen LogP contribution is 2.16. The molecule has 1 atom stereocenters. The number of carbonyl (C=O) groups is 2. The summed E-state index contributed by atoms with van der Waals surface area (Å²) < 4.78 is 16.1. The van der Waals surface area contributed by atoms with Crippen LogP contribution in [0.2, 0.25) is 0 Å². The number of carboxylic acid groups (broad SMARTS) is 1. The Bertz CT molecular complexity index is 869. The molecule has 0 saturated carbocycles. The van der Waals surface area contributed by atoms with Gasteiger partial charge in [-0.2, -0.15) is 12.6 Å². The molecule has 0 aliphatic carbocycles. The number of benzene rings is 1. The number of halogens is 1. The van der Waals surface area contributed by atoms with Gasteiger partial charge in [-0.3, -0.25) is 4.79 Å². The van der Waals surface area contributed by atoms with E-state index in [0.717, 1.165) is 50.0 Å². The van der Waals surface area contributed by atoms with Gasteiger partial charge in [-0.25, -0.2) is 14.2 Å². The molecular weight excluding hydrogens is 405 g/mol. The first-order valence-corrected chi connectivity index (χ1v) is 10.9. The van der Waals surface area contributed by atoms with Gasteiger partial charge in [0.05, 0.1) is 29.2 Å². The Balaban J connectivity index is 2.18. The van der Waals surface area contributed by atoms with Crippen molar-refractivity contribution in [1.82, 2.24) is 14.9 Å². The van der Waals surface area contributed by atoms with Crippen LogP contribution in [0, 0.1) is 5.82 Å². The van der Waals surface area contributed by atoms with Crippen LogP contribution in [0.1, 0.15) is 73.4 Å². The summed E-state index contributed by atoms with van der Waals surface area (Å²) in [5, 5.41) is 11.6. The molecule has 1 aromatic carbocycles. The van der Waals surface area contributed by atoms with Crippen LogP contribution in [0.25, 0.3) is 0 Å². The second-order valence-electron chi connectivity index (χ2n) is 7.35. The van der Waals surface area contributed by atoms with Crippen LogP contribution in [-0.4, -0.2) is 31.8 Å². The first-order chi connectivity index (χ1) is 14.4. The Morgan fingerprint density at radius 1 is 1.27 bits per heavy atom. The zero-order valence-corrected chi connectivity index (χ0v) is 18.4. The summed E-state index contributed by atoms with van der Waals surface area (Å²) in [6.07, 6.45) is 7.15. The Labute approximate surface area is 182 Å². The number of aryl methyl sites for hydroxylation is 1. The number of carboxylic acids is 1. The fraction of sp³-hybridized carbons (Fsp3) is 0.500. The lowest BCUT2D eigenvalue weighted by atomic mass is 10.1. The van der Waals surface area contributed by atoms with E-state index in [1.54, 1.807) is 12.3 Å². The van der Waals surface area contributed by atoms with E-state index in [1.807, 2.05) is 4.57 Å². The van der Waals surface area contributed by atoms with Gasteiger partial charge in [0.1, 0.15) is 11.6 Å². The Kier molecular flexibility index (Phi) is 9.36. The van der Waals surface area contributed by atoms with Gasteiger partial charge in [0.2, 0.25) is 5.91 Å². The van der Waals surface area contributed by atoms with Gasteiger partial charge < -0.3 is 15.0 Å². The summed E-state index contributed by atoms with van der Waals surface area (Å²) >= 11 is 4.38. The number of nitrogens with zero attached hydrogens (tertiary/aromatic N) is 2. The lowest BCUT2D eigenvalue weighted by molar-refractivity contribution is -0.120. The van der Waals surface area contributed by atoms with Gasteiger partial charge in [-0.1, -0.05) is 39.2 Å². The van der Waals surface area contributed by atoms with E-state index in [4.69, 9.17) is 5.11 Å². The van der Waals surface area contributed by atoms with Crippen LogP contribution < -0.4 is 5.32 Å². The van der Waals surface area contributed by atoms with Crippen LogP contribution in [0.4, 0.5) is 4.39 Å². The minimum Gasteiger partial charge on any atom is -0.478 e. The number of aromatic carboxylic acids is 1. The lowest BCUT2D eigenvalue weighted by Gasteiger charge is -2.15. The fourth-order valence-corrected chi connectivity index (χ4v) is 3.43. The third-order valence-corrected chi connectivity index (χ3v) is 5.45. The molecule has 1 amide bonds. The van der Waals surface area contributed by atoms with E-state index in [0.29, 0.717) is 18.7 Å². The molecule has 0 aliphatic rings. The number of aromatic nitrogens is 2. The smallest absolute Gasteiger partial charge is 0.338 e. The minimum absolute atomic E-state index is 0.119. The van der Waals surface area contributed by atoms with Gasteiger partial charge in [-0.05, 0) is 30.5 Å². The monoisotopic (exact) mass is 435 g/mol. The summed E-state index contributed by atoms with van der Waals surface area (Å²) in [4.78, 5) is 27.8. The maximum absolute atomic E-state index is 14.1. The van der Waals surface area contributed by atoms with E-state index in [-0.39, 0.29) is 16.7 Å². The van der Waals surface area contributed by atoms with E-state index in [1.165, 1.54) is 12.1 Å². The molecule has 0 saturated heterocycles. The molecule has 2 N–H and O–H groups in total. The number of nitrogens with one attached hydrogen (secondary N) is 1. The molecule has 30 heavy (non-hydrogen) atoms. The molecule has 1 unspecified atom stereocenters. The van der Waals surface area contributed by atoms with Gasteiger partial charge in [0.15, 0.2) is 0 Å². The maximum Gasteiger partial charge on any atom is 0.338 e. The van der Waals surface area contributed by atoms with Gasteiger partial charge in [0.25, 0.3) is 0 Å². The molecule has 0 bridgehead atoms. The second kappa shape index (κ2) is 11.7. The summed E-state index contributed by atoms with van der Waals surface area (Å²) in [5.74, 6) is -1.32. The van der Waals surface area contributed by atoms with E-state index in [9.17, 15) is 14.0 Å². The predicted octanol–water partition coefficient (Wildman–Crippen LogP) is 4.22. The highest BCUT2D eigenvalue weighted by atomic mass is 32.1. The standard InChI is InChI=1S/C22H30FN3O3S/c1-3-5-7-19(30)21(27)25-13-16-12-24-20(8-6-4-2)26(16)14-15-9-10-17(22(28)29)18(23)11-15/h9-12,19,30H,3-8,13-14H2,1-2H3,(H,25,27)(H,28,29). The topological polar surface area (TPSA) is 84.2 Å². The van der Waals surface area contributed by atoms with Crippen LogP contribution >= 0.6 is 12.6 Å². The average Bonchev–Trinajstić information content (AvgIpc) is 3.09. The van der Waals surface area contributed by atoms with Crippen molar-refractivity contribution in [3.63, 3.8) is 0 Å². The molecule has 1 heterocycles. The second-order valence-corrected chi connectivity index (χ2v) is 7.97. The highest BCUT2D eigenvalue weighted by molar-refractivity contribution is 7.81. The first kappa shape index (κ1) is 23.9. The van der Waals surface area contributed by atoms with Crippen molar-refractivity contribution in [2.75, 3.05) is 0 Å². The number of carbonyl (C=O) groups excluding carboxylic acids is 1. The summed E-state index contributed by atoms with van der Waals surface area (Å²) in [7, 11) is 0. The van der Waals surface area contributed by atoms with Crippen molar-refractivity contribution in [3.8, 4) is 0 Å². The predicted molar refractivity (Wildman–Crippen MR) is 117 cm³/mol. The molecule has 0 radical (unpaired) electrons. The molecular formula is C22H30FN3O3S. The third kappa shape index (κ3) is 6.58. The molecule has 6 nitrogen and oxygen atoms in total. The van der Waals surface area contributed by atoms with Crippen molar-refractivity contribution < 1.29 is 19.1 Å². The van der Waals surface area contributed by atoms with Crippen LogP contribution in [0.15, 0.2) is 24.4 Å². The number of hydrogen-bond acceptors (Lipinski definition) is 4. The zero-order chi connectivity index (χ0) is 22.1. The molecule has 1 aromatic heterocycles. The third-order valence-electron chi connectivity index (χ3n) is 4.96. The lowest BCUT2D eigenvalue weighted by Crippen LogP contribution is -2.31. The van der Waals surface area contributed by atoms with Gasteiger partial charge >= 0.3 is 5.97 Å². The number of amides is 1. The maximum atomic E-state index is 14.1. The fourth-order valence-electron chi connectivity index (χ4n) is 3.16. The number of unbranched alkanes of at least 4 members (excludes halogenated alkanes) is 2. The van der Waals surface area contributed by atoms with E-state index < -0.39 is 11.8 Å². The van der Waals surface area contributed by atoms with Gasteiger partial charge in [-0.15, -0.1) is 0 Å². The molecule has 0 aliphatic heterocycles. The van der Waals surface area contributed by atoms with Crippen LogP contribution in [-0.2, 0) is 24.3 Å². The van der Waals surface area contributed by atoms with Crippen LogP contribution in [0.5, 0.6) is 0 Å². The van der Waals surface area contributed by atoms with Crippen molar-refractivity contribution in [2.24, 2.45) is 0 Å². The summed E-state index contributed by atoms with van der Waals surface area (Å²) in [6, 6.07) is 4.12. The molecule has 8 heteroatoms. The van der Waals surface area contributed by atoms with Crippen molar-refractivity contribution in [3.05, 3.63) is 52.9 Å². The minimum atomic E-state index is -1.29. The van der Waals surface area contributed by atoms with Crippen LogP contribution in [0.3, 0.4) is 0 Å². The average molecular weight is 436 g/mol. The van der Waals surface area contributed by atoms with Crippen molar-refractivity contribution in [2.45, 2.75) is 70.7 Å². The van der Waals surface area contributed by atoms with E-state index >= 15 is 0 Å². The van der Waals surface area contributed by atoms with Crippen molar-refractivity contribution >= 4 is 24.5 Å². The molecule has 2 rings (SSSR count). The summed E-state index contributed by atoms with van der Waals surface area (Å²) in [5.41, 5.74) is 1.10. The number of rotatable bonds is 12. The quantitative estimate of drug-likeness (QED) is 0.436. The molecule has 2 aromatic rings. The van der Waals surface area contributed by atoms with Crippen molar-refractivity contribution in [1.29, 1.82) is 0 Å².